The van der Waals surface area contributed by atoms with Gasteiger partial charge in [-0.2, -0.15) is 0 Å². The third-order valence-corrected chi connectivity index (χ3v) is 3.53. The molecule has 0 aliphatic rings. The van der Waals surface area contributed by atoms with Gasteiger partial charge in [-0.3, -0.25) is 0 Å². The van der Waals surface area contributed by atoms with Crippen molar-refractivity contribution in [2.24, 2.45) is 0 Å². The Morgan fingerprint density at radius 3 is 2.59 bits per heavy atom. The molecule has 0 amide bonds. The Hall–Kier alpha value is -0.770. The van der Waals surface area contributed by atoms with Crippen LogP contribution < -0.4 is 5.32 Å². The lowest BCUT2D eigenvalue weighted by molar-refractivity contribution is 0.443. The Kier molecular flexibility index (Phi) is 3.92. The van der Waals surface area contributed by atoms with Crippen molar-refractivity contribution in [3.05, 3.63) is 56.9 Å². The first-order chi connectivity index (χ1) is 8.11. The Morgan fingerprint density at radius 2 is 2.06 bits per heavy atom. The lowest BCUT2D eigenvalue weighted by atomic mass is 10.1. The van der Waals surface area contributed by atoms with E-state index in [0.717, 1.165) is 21.6 Å². The zero-order chi connectivity index (χ0) is 12.4. The van der Waals surface area contributed by atoms with Crippen molar-refractivity contribution >= 4 is 27.5 Å². The highest BCUT2D eigenvalue weighted by atomic mass is 79.9. The van der Waals surface area contributed by atoms with E-state index in [1.54, 1.807) is 0 Å². The molecule has 0 aliphatic heterocycles. The van der Waals surface area contributed by atoms with Gasteiger partial charge in [0.25, 0.3) is 0 Å². The van der Waals surface area contributed by atoms with Crippen molar-refractivity contribution in [3.63, 3.8) is 0 Å². The van der Waals surface area contributed by atoms with E-state index >= 15 is 0 Å². The van der Waals surface area contributed by atoms with Gasteiger partial charge >= 0.3 is 0 Å². The zero-order valence-corrected chi connectivity index (χ0v) is 12.0. The molecule has 1 aromatic carbocycles. The van der Waals surface area contributed by atoms with E-state index in [9.17, 15) is 0 Å². The van der Waals surface area contributed by atoms with Crippen LogP contribution in [0.5, 0.6) is 0 Å². The molecular weight excluding hydrogens is 302 g/mol. The van der Waals surface area contributed by atoms with Gasteiger partial charge in [0.2, 0.25) is 0 Å². The van der Waals surface area contributed by atoms with E-state index in [4.69, 9.17) is 16.0 Å². The van der Waals surface area contributed by atoms with Gasteiger partial charge in [-0.25, -0.2) is 0 Å². The first-order valence-corrected chi connectivity index (χ1v) is 6.47. The van der Waals surface area contributed by atoms with Gasteiger partial charge < -0.3 is 9.73 Å². The number of hydrogen-bond donors (Lipinski definition) is 1. The van der Waals surface area contributed by atoms with Crippen LogP contribution in [-0.4, -0.2) is 7.05 Å². The molecule has 4 heteroatoms. The number of aryl methyl sites for hydroxylation is 1. The fraction of sp³-hybridized carbons (Fsp3) is 0.231. The summed E-state index contributed by atoms with van der Waals surface area (Å²) in [7, 11) is 1.91. The normalized spacial score (nSPS) is 12.7. The van der Waals surface area contributed by atoms with Crippen LogP contribution in [-0.2, 0) is 0 Å². The highest BCUT2D eigenvalue weighted by Gasteiger charge is 2.18. The third kappa shape index (κ3) is 2.73. The molecule has 17 heavy (non-hydrogen) atoms. The average Bonchev–Trinajstić information content (AvgIpc) is 2.69. The van der Waals surface area contributed by atoms with Crippen LogP contribution in [0.4, 0.5) is 0 Å². The van der Waals surface area contributed by atoms with Crippen LogP contribution >= 0.6 is 27.5 Å². The van der Waals surface area contributed by atoms with Crippen molar-refractivity contribution in [1.82, 2.24) is 5.32 Å². The summed E-state index contributed by atoms with van der Waals surface area (Å²) in [6, 6.07) is 9.72. The predicted molar refractivity (Wildman–Crippen MR) is 73.5 cm³/mol. The van der Waals surface area contributed by atoms with Gasteiger partial charge in [0, 0.05) is 9.50 Å². The monoisotopic (exact) mass is 313 g/mol. The standard InChI is InChI=1S/C13H13BrClNO/c1-8-3-6-12(17-8)13(16-2)10-5-4-9(15)7-11(10)14/h3-7,13,16H,1-2H3. The number of hydrogen-bond acceptors (Lipinski definition) is 2. The molecule has 0 aliphatic carbocycles. The molecule has 1 atom stereocenters. The SMILES string of the molecule is CNC(c1ccc(C)o1)c1ccc(Cl)cc1Br. The molecule has 1 heterocycles. The fourth-order valence-corrected chi connectivity index (χ4v) is 2.71. The largest absolute Gasteiger partial charge is 0.464 e. The van der Waals surface area contributed by atoms with Crippen LogP contribution in [0.15, 0.2) is 39.2 Å². The Bertz CT molecular complexity index is 524. The first-order valence-electron chi connectivity index (χ1n) is 5.30. The smallest absolute Gasteiger partial charge is 0.125 e. The summed E-state index contributed by atoms with van der Waals surface area (Å²) in [5, 5.41) is 3.96. The van der Waals surface area contributed by atoms with Gasteiger partial charge in [0.05, 0.1) is 6.04 Å². The zero-order valence-electron chi connectivity index (χ0n) is 9.63. The first kappa shape index (κ1) is 12.7. The van der Waals surface area contributed by atoms with Crippen LogP contribution in [0.3, 0.4) is 0 Å². The van der Waals surface area contributed by atoms with Crippen LogP contribution in [0.1, 0.15) is 23.1 Å². The highest BCUT2D eigenvalue weighted by molar-refractivity contribution is 9.10. The van der Waals surface area contributed by atoms with Crippen molar-refractivity contribution in [1.29, 1.82) is 0 Å². The van der Waals surface area contributed by atoms with E-state index in [0.29, 0.717) is 5.02 Å². The summed E-state index contributed by atoms with van der Waals surface area (Å²) in [5.41, 5.74) is 1.10. The molecule has 0 spiro atoms. The van der Waals surface area contributed by atoms with Crippen LogP contribution in [0.2, 0.25) is 5.02 Å². The van der Waals surface area contributed by atoms with Crippen LogP contribution in [0, 0.1) is 6.92 Å². The molecule has 0 bridgehead atoms. The quantitative estimate of drug-likeness (QED) is 0.913. The van der Waals surface area contributed by atoms with Gasteiger partial charge in [-0.05, 0) is 43.8 Å². The molecule has 2 rings (SSSR count). The van der Waals surface area contributed by atoms with Crippen molar-refractivity contribution < 1.29 is 4.42 Å². The van der Waals surface area contributed by atoms with E-state index < -0.39 is 0 Å². The van der Waals surface area contributed by atoms with Crippen LogP contribution in [0.25, 0.3) is 0 Å². The topological polar surface area (TPSA) is 25.2 Å². The number of rotatable bonds is 3. The molecule has 1 unspecified atom stereocenters. The second-order valence-corrected chi connectivity index (χ2v) is 5.13. The van der Waals surface area contributed by atoms with Crippen molar-refractivity contribution in [2.45, 2.75) is 13.0 Å². The van der Waals surface area contributed by atoms with Crippen molar-refractivity contribution in [2.75, 3.05) is 7.05 Å². The molecule has 0 radical (unpaired) electrons. The summed E-state index contributed by atoms with van der Waals surface area (Å²) < 4.78 is 6.63. The number of halogens is 2. The average molecular weight is 315 g/mol. The number of nitrogens with one attached hydrogen (secondary N) is 1. The Morgan fingerprint density at radius 1 is 1.29 bits per heavy atom. The van der Waals surface area contributed by atoms with Gasteiger partial charge in [-0.1, -0.05) is 33.6 Å². The van der Waals surface area contributed by atoms with Crippen molar-refractivity contribution in [3.8, 4) is 0 Å². The predicted octanol–water partition coefficient (Wildman–Crippen LogP) is 4.31. The summed E-state index contributed by atoms with van der Waals surface area (Å²) in [5.74, 6) is 1.80. The minimum Gasteiger partial charge on any atom is -0.464 e. The summed E-state index contributed by atoms with van der Waals surface area (Å²) in [6.45, 7) is 1.94. The molecule has 0 fully saturated rings. The highest BCUT2D eigenvalue weighted by Crippen LogP contribution is 2.31. The van der Waals surface area contributed by atoms with E-state index in [1.807, 2.05) is 44.3 Å². The maximum absolute atomic E-state index is 5.94. The van der Waals surface area contributed by atoms with E-state index in [1.165, 1.54) is 0 Å². The second kappa shape index (κ2) is 5.25. The Balaban J connectivity index is 2.42. The molecule has 2 nitrogen and oxygen atoms in total. The van der Waals surface area contributed by atoms with E-state index in [2.05, 4.69) is 21.2 Å². The van der Waals surface area contributed by atoms with E-state index in [-0.39, 0.29) is 6.04 Å². The molecule has 90 valence electrons. The molecular formula is C13H13BrClNO. The summed E-state index contributed by atoms with van der Waals surface area (Å²) in [4.78, 5) is 0. The van der Waals surface area contributed by atoms with Gasteiger partial charge in [0.1, 0.15) is 11.5 Å². The molecule has 0 saturated heterocycles. The lowest BCUT2D eigenvalue weighted by Gasteiger charge is -2.16. The lowest BCUT2D eigenvalue weighted by Crippen LogP contribution is -2.17. The minimum atomic E-state index is 0.0235. The van der Waals surface area contributed by atoms with Gasteiger partial charge in [0.15, 0.2) is 0 Å². The Labute approximate surface area is 114 Å². The maximum atomic E-state index is 5.94. The molecule has 2 aromatic rings. The van der Waals surface area contributed by atoms with Gasteiger partial charge in [-0.15, -0.1) is 0 Å². The third-order valence-electron chi connectivity index (χ3n) is 2.61. The summed E-state index contributed by atoms with van der Waals surface area (Å²) >= 11 is 9.47. The molecule has 1 aromatic heterocycles. The second-order valence-electron chi connectivity index (χ2n) is 3.84. The maximum Gasteiger partial charge on any atom is 0.125 e. The molecule has 0 saturated carbocycles. The summed E-state index contributed by atoms with van der Waals surface area (Å²) in [6.07, 6.45) is 0. The molecule has 1 N–H and O–H groups in total. The fourth-order valence-electron chi connectivity index (χ4n) is 1.80. The number of benzene rings is 1. The minimum absolute atomic E-state index is 0.0235. The number of furan rings is 1.